The number of likely N-dealkylation sites (tertiary alicyclic amines) is 2. The summed E-state index contributed by atoms with van der Waals surface area (Å²) in [6.45, 7) is 8.59. The molecular weight excluding hydrogens is 482 g/mol. The van der Waals surface area contributed by atoms with E-state index in [1.54, 1.807) is 17.3 Å². The van der Waals surface area contributed by atoms with Crippen molar-refractivity contribution in [1.82, 2.24) is 24.9 Å². The van der Waals surface area contributed by atoms with E-state index < -0.39 is 17.6 Å². The molecule has 2 saturated heterocycles. The molecule has 2 fully saturated rings. The lowest BCUT2D eigenvalue weighted by Gasteiger charge is -2.55. The Bertz CT molecular complexity index is 1280. The van der Waals surface area contributed by atoms with Crippen molar-refractivity contribution in [2.24, 2.45) is 5.41 Å². The van der Waals surface area contributed by atoms with Crippen LogP contribution < -0.4 is 0 Å². The molecule has 4 heterocycles. The Morgan fingerprint density at radius 3 is 2.45 bits per heavy atom. The molecule has 202 valence electrons. The highest BCUT2D eigenvalue weighted by Gasteiger charge is 2.55. The van der Waals surface area contributed by atoms with Crippen molar-refractivity contribution < 1.29 is 19.5 Å². The molecule has 0 aliphatic carbocycles. The van der Waals surface area contributed by atoms with Gasteiger partial charge in [0.1, 0.15) is 12.2 Å². The lowest BCUT2D eigenvalue weighted by atomic mass is 9.62. The Morgan fingerprint density at radius 2 is 1.84 bits per heavy atom. The van der Waals surface area contributed by atoms with Crippen LogP contribution in [0.1, 0.15) is 68.0 Å². The van der Waals surface area contributed by atoms with Crippen LogP contribution in [0.2, 0.25) is 0 Å². The zero-order valence-electron chi connectivity index (χ0n) is 22.6. The van der Waals surface area contributed by atoms with Gasteiger partial charge in [0.05, 0.1) is 5.56 Å². The third-order valence-corrected chi connectivity index (χ3v) is 8.30. The molecule has 38 heavy (non-hydrogen) atoms. The first-order valence-corrected chi connectivity index (χ1v) is 13.3. The van der Waals surface area contributed by atoms with Gasteiger partial charge < -0.3 is 24.5 Å². The van der Waals surface area contributed by atoms with E-state index in [-0.39, 0.29) is 11.8 Å². The van der Waals surface area contributed by atoms with Crippen molar-refractivity contribution in [3.8, 4) is 11.5 Å². The minimum Gasteiger partial charge on any atom is -0.387 e. The number of nitrogens with zero attached hydrogens (tertiary/aromatic N) is 5. The molecule has 5 rings (SSSR count). The smallest absolute Gasteiger partial charge is 0.259 e. The molecule has 2 aromatic heterocycles. The summed E-state index contributed by atoms with van der Waals surface area (Å²) in [4.78, 5) is 24.8. The number of piperidine rings is 1. The first kappa shape index (κ1) is 26.5. The van der Waals surface area contributed by atoms with Crippen LogP contribution in [0.15, 0.2) is 47.2 Å². The van der Waals surface area contributed by atoms with Gasteiger partial charge >= 0.3 is 0 Å². The van der Waals surface area contributed by atoms with E-state index in [1.165, 1.54) is 5.56 Å². The van der Waals surface area contributed by atoms with Gasteiger partial charge in [0.2, 0.25) is 5.91 Å². The fourth-order valence-corrected chi connectivity index (χ4v) is 6.11. The Balaban J connectivity index is 1.44. The van der Waals surface area contributed by atoms with E-state index in [1.807, 2.05) is 18.2 Å². The summed E-state index contributed by atoms with van der Waals surface area (Å²) in [6, 6.07) is 10.2. The average molecular weight is 520 g/mol. The van der Waals surface area contributed by atoms with Crippen molar-refractivity contribution in [3.63, 3.8) is 0 Å². The summed E-state index contributed by atoms with van der Waals surface area (Å²) >= 11 is 0. The number of aliphatic hydroxyl groups is 2. The van der Waals surface area contributed by atoms with Gasteiger partial charge in [-0.1, -0.05) is 50.2 Å². The molecule has 2 aliphatic rings. The standard InChI is InChI=1S/C29H37N5O4/c1-19(2)20-5-7-23(8-6-20)29(37,28(3)17-33(4)18-28)24-13-22(14-30-15-24)27-31-26(32-38-27)21-9-11-34(12-10-21)25(36)16-35/h5-8,13-15,19,21,35,37H,9-12,16-18H2,1-4H3. The van der Waals surface area contributed by atoms with E-state index in [0.29, 0.717) is 54.7 Å². The van der Waals surface area contributed by atoms with Crippen LogP contribution in [0.25, 0.3) is 11.5 Å². The van der Waals surface area contributed by atoms with Gasteiger partial charge in [-0.25, -0.2) is 0 Å². The van der Waals surface area contributed by atoms with Gasteiger partial charge in [-0.2, -0.15) is 4.98 Å². The number of pyridine rings is 1. The molecule has 2 N–H and O–H groups in total. The molecule has 9 nitrogen and oxygen atoms in total. The van der Waals surface area contributed by atoms with Crippen molar-refractivity contribution in [2.45, 2.75) is 51.0 Å². The number of carbonyl (C=O) groups is 1. The van der Waals surface area contributed by atoms with Crippen LogP contribution in [-0.4, -0.2) is 80.9 Å². The Morgan fingerprint density at radius 1 is 1.16 bits per heavy atom. The summed E-state index contributed by atoms with van der Waals surface area (Å²) < 4.78 is 5.65. The molecule has 0 bridgehead atoms. The summed E-state index contributed by atoms with van der Waals surface area (Å²) in [5.74, 6) is 1.19. The molecule has 0 saturated carbocycles. The van der Waals surface area contributed by atoms with E-state index in [2.05, 4.69) is 60.0 Å². The predicted molar refractivity (Wildman–Crippen MR) is 142 cm³/mol. The first-order valence-electron chi connectivity index (χ1n) is 13.3. The predicted octanol–water partition coefficient (Wildman–Crippen LogP) is 3.14. The molecule has 9 heteroatoms. The molecule has 1 unspecified atom stereocenters. The quantitative estimate of drug-likeness (QED) is 0.489. The van der Waals surface area contributed by atoms with Crippen molar-refractivity contribution in [3.05, 3.63) is 65.2 Å². The van der Waals surface area contributed by atoms with E-state index in [4.69, 9.17) is 9.63 Å². The van der Waals surface area contributed by atoms with Crippen molar-refractivity contribution in [2.75, 3.05) is 39.8 Å². The van der Waals surface area contributed by atoms with Crippen molar-refractivity contribution in [1.29, 1.82) is 0 Å². The lowest BCUT2D eigenvalue weighted by molar-refractivity contribution is -0.135. The molecular formula is C29H37N5O4. The highest BCUT2D eigenvalue weighted by Crippen LogP contribution is 2.50. The number of benzene rings is 1. The maximum absolute atomic E-state index is 12.5. The fourth-order valence-electron chi connectivity index (χ4n) is 6.11. The average Bonchev–Trinajstić information content (AvgIpc) is 3.42. The third kappa shape index (κ3) is 4.63. The number of hydrogen-bond donors (Lipinski definition) is 2. The number of carbonyl (C=O) groups excluding carboxylic acids is 1. The van der Waals surface area contributed by atoms with Gasteiger partial charge in [-0.05, 0) is 43.0 Å². The second kappa shape index (κ2) is 10.2. The Hall–Kier alpha value is -3.14. The summed E-state index contributed by atoms with van der Waals surface area (Å²) in [7, 11) is 2.06. The zero-order valence-corrected chi connectivity index (χ0v) is 22.6. The van der Waals surface area contributed by atoms with Crippen molar-refractivity contribution >= 4 is 5.91 Å². The van der Waals surface area contributed by atoms with E-state index in [0.717, 1.165) is 18.7 Å². The zero-order chi connectivity index (χ0) is 27.1. The normalized spacial score (nSPS) is 19.8. The fraction of sp³-hybridized carbons (Fsp3) is 0.517. The Labute approximate surface area is 223 Å². The summed E-state index contributed by atoms with van der Waals surface area (Å²) in [5.41, 5.74) is 1.76. The monoisotopic (exact) mass is 519 g/mol. The molecule has 0 spiro atoms. The van der Waals surface area contributed by atoms with Gasteiger partial charge in [0, 0.05) is 55.5 Å². The van der Waals surface area contributed by atoms with Crippen LogP contribution >= 0.6 is 0 Å². The van der Waals surface area contributed by atoms with E-state index >= 15 is 0 Å². The number of aromatic nitrogens is 3. The summed E-state index contributed by atoms with van der Waals surface area (Å²) in [6.07, 6.45) is 4.83. The SMILES string of the molecule is CC(C)c1ccc(C(O)(c2cncc(-c3nc(C4CCN(C(=O)CO)CC4)no3)c2)C2(C)CN(C)C2)cc1. The Kier molecular flexibility index (Phi) is 7.11. The largest absolute Gasteiger partial charge is 0.387 e. The summed E-state index contributed by atoms with van der Waals surface area (Å²) in [5, 5.41) is 25.8. The van der Waals surface area contributed by atoms with Crippen LogP contribution in [0.3, 0.4) is 0 Å². The van der Waals surface area contributed by atoms with Gasteiger partial charge in [0.25, 0.3) is 5.89 Å². The van der Waals surface area contributed by atoms with E-state index in [9.17, 15) is 9.90 Å². The number of rotatable bonds is 7. The minimum atomic E-state index is -1.26. The maximum atomic E-state index is 12.5. The van der Waals surface area contributed by atoms with Crippen LogP contribution in [0.5, 0.6) is 0 Å². The highest BCUT2D eigenvalue weighted by molar-refractivity contribution is 5.77. The van der Waals surface area contributed by atoms with Gasteiger partial charge in [-0.3, -0.25) is 9.78 Å². The van der Waals surface area contributed by atoms with Crippen LogP contribution in [0.4, 0.5) is 0 Å². The first-order chi connectivity index (χ1) is 18.1. The number of aliphatic hydroxyl groups excluding tert-OH is 1. The molecule has 3 aromatic rings. The molecule has 1 atom stereocenters. The molecule has 1 amide bonds. The molecule has 2 aliphatic heterocycles. The highest BCUT2D eigenvalue weighted by atomic mass is 16.5. The lowest BCUT2D eigenvalue weighted by Crippen LogP contribution is -2.63. The molecule has 0 radical (unpaired) electrons. The topological polar surface area (TPSA) is 116 Å². The van der Waals surface area contributed by atoms with Crippen LogP contribution in [-0.2, 0) is 10.4 Å². The number of hydrogen-bond acceptors (Lipinski definition) is 8. The van der Waals surface area contributed by atoms with Gasteiger partial charge in [0.15, 0.2) is 5.82 Å². The molecule has 1 aromatic carbocycles. The third-order valence-electron chi connectivity index (χ3n) is 8.30. The van der Waals surface area contributed by atoms with Crippen LogP contribution in [0, 0.1) is 5.41 Å². The number of amides is 1. The maximum Gasteiger partial charge on any atom is 0.259 e. The van der Waals surface area contributed by atoms with Gasteiger partial charge in [-0.15, -0.1) is 0 Å². The minimum absolute atomic E-state index is 0.0761. The second-order valence-electron chi connectivity index (χ2n) is 11.5. The second-order valence-corrected chi connectivity index (χ2v) is 11.5.